The first-order valence-corrected chi connectivity index (χ1v) is 5.74. The molecule has 0 aliphatic carbocycles. The van der Waals surface area contributed by atoms with E-state index in [-0.39, 0.29) is 11.6 Å². The van der Waals surface area contributed by atoms with Gasteiger partial charge in [0.2, 0.25) is 0 Å². The molecule has 0 aromatic carbocycles. The van der Waals surface area contributed by atoms with E-state index in [9.17, 15) is 9.18 Å². The molecule has 0 saturated carbocycles. The molecule has 3 nitrogen and oxygen atoms in total. The van der Waals surface area contributed by atoms with Gasteiger partial charge in [-0.05, 0) is 27.2 Å². The zero-order valence-electron chi connectivity index (χ0n) is 10.2. The summed E-state index contributed by atoms with van der Waals surface area (Å²) in [4.78, 5) is 15.5. The van der Waals surface area contributed by atoms with Gasteiger partial charge in [-0.3, -0.25) is 9.69 Å². The van der Waals surface area contributed by atoms with Gasteiger partial charge in [-0.25, -0.2) is 4.39 Å². The van der Waals surface area contributed by atoms with Gasteiger partial charge in [-0.15, -0.1) is 0 Å². The molecular weight excluding hydrogens is 207 g/mol. The zero-order chi connectivity index (χ0) is 12.1. The third-order valence-corrected chi connectivity index (χ3v) is 3.65. The van der Waals surface area contributed by atoms with Crippen LogP contribution in [0.1, 0.15) is 27.2 Å². The Morgan fingerprint density at radius 2 is 2.00 bits per heavy atom. The Morgan fingerprint density at radius 3 is 2.50 bits per heavy atom. The molecule has 0 spiro atoms. The molecule has 2 saturated heterocycles. The Balaban J connectivity index is 2.03. The van der Waals surface area contributed by atoms with Crippen molar-refractivity contribution in [3.05, 3.63) is 12.4 Å². The summed E-state index contributed by atoms with van der Waals surface area (Å²) < 4.78 is 12.8. The molecule has 2 heterocycles. The standard InChI is InChI=1S/C12H19FN2O/c1-8(13)11(16)14-6-5-9-10(14)7-15(9)12(2,3)4/h9-10H,1,5-7H2,2-4H3/t9-,10-/m1/s1. The predicted octanol–water partition coefficient (Wildman–Crippen LogP) is 1.55. The summed E-state index contributed by atoms with van der Waals surface area (Å²) in [5, 5.41) is 0. The van der Waals surface area contributed by atoms with Crippen LogP contribution in [0.5, 0.6) is 0 Å². The summed E-state index contributed by atoms with van der Waals surface area (Å²) in [5.74, 6) is -1.36. The van der Waals surface area contributed by atoms with E-state index in [0.717, 1.165) is 13.0 Å². The molecule has 2 aliphatic heterocycles. The van der Waals surface area contributed by atoms with E-state index in [1.54, 1.807) is 4.90 Å². The van der Waals surface area contributed by atoms with Crippen LogP contribution in [0.15, 0.2) is 12.4 Å². The highest BCUT2D eigenvalue weighted by Crippen LogP contribution is 2.37. The maximum Gasteiger partial charge on any atom is 0.282 e. The van der Waals surface area contributed by atoms with Crippen LogP contribution in [0.25, 0.3) is 0 Å². The zero-order valence-corrected chi connectivity index (χ0v) is 10.2. The summed E-state index contributed by atoms with van der Waals surface area (Å²) in [7, 11) is 0. The lowest BCUT2D eigenvalue weighted by Gasteiger charge is -2.53. The van der Waals surface area contributed by atoms with E-state index in [4.69, 9.17) is 0 Å². The molecule has 2 fully saturated rings. The highest BCUT2D eigenvalue weighted by Gasteiger charge is 2.51. The largest absolute Gasteiger partial charge is 0.331 e. The number of carbonyl (C=O) groups excluding carboxylic acids is 1. The molecule has 0 aromatic rings. The van der Waals surface area contributed by atoms with Gasteiger partial charge in [0.25, 0.3) is 5.91 Å². The quantitative estimate of drug-likeness (QED) is 0.633. The summed E-state index contributed by atoms with van der Waals surface area (Å²) in [5.41, 5.74) is 0.132. The number of carbonyl (C=O) groups is 1. The molecule has 0 bridgehead atoms. The van der Waals surface area contributed by atoms with E-state index in [1.807, 2.05) is 0 Å². The number of halogens is 1. The van der Waals surface area contributed by atoms with Crippen molar-refractivity contribution in [2.75, 3.05) is 13.1 Å². The molecule has 0 N–H and O–H groups in total. The Labute approximate surface area is 95.9 Å². The van der Waals surface area contributed by atoms with E-state index in [2.05, 4.69) is 32.3 Å². The van der Waals surface area contributed by atoms with Gasteiger partial charge in [0.1, 0.15) is 0 Å². The first-order valence-electron chi connectivity index (χ1n) is 5.74. The van der Waals surface area contributed by atoms with Crippen molar-refractivity contribution in [3.8, 4) is 0 Å². The van der Waals surface area contributed by atoms with Crippen LogP contribution in [-0.2, 0) is 4.79 Å². The molecular formula is C12H19FN2O. The second kappa shape index (κ2) is 3.55. The number of likely N-dealkylation sites (tertiary alicyclic amines) is 2. The van der Waals surface area contributed by atoms with Crippen molar-refractivity contribution in [3.63, 3.8) is 0 Å². The van der Waals surface area contributed by atoms with E-state index < -0.39 is 11.7 Å². The van der Waals surface area contributed by atoms with E-state index >= 15 is 0 Å². The van der Waals surface area contributed by atoms with Crippen LogP contribution in [0.2, 0.25) is 0 Å². The number of nitrogens with zero attached hydrogens (tertiary/aromatic N) is 2. The Bertz CT molecular complexity index is 334. The average Bonchev–Trinajstić information content (AvgIpc) is 2.38. The maximum atomic E-state index is 12.8. The van der Waals surface area contributed by atoms with Crippen molar-refractivity contribution in [1.29, 1.82) is 0 Å². The third kappa shape index (κ3) is 1.65. The summed E-state index contributed by atoms with van der Waals surface area (Å²) in [6, 6.07) is 0.600. The lowest BCUT2D eigenvalue weighted by molar-refractivity contribution is -0.135. The molecule has 2 rings (SSSR count). The number of rotatable bonds is 1. The number of hydrogen-bond acceptors (Lipinski definition) is 2. The van der Waals surface area contributed by atoms with E-state index in [1.165, 1.54) is 0 Å². The van der Waals surface area contributed by atoms with Crippen molar-refractivity contribution in [2.24, 2.45) is 0 Å². The second-order valence-electron chi connectivity index (χ2n) is 5.65. The molecule has 90 valence electrons. The number of hydrogen-bond donors (Lipinski definition) is 0. The summed E-state index contributed by atoms with van der Waals surface area (Å²) in [6.45, 7) is 11.1. The minimum Gasteiger partial charge on any atom is -0.331 e. The third-order valence-electron chi connectivity index (χ3n) is 3.65. The second-order valence-corrected chi connectivity index (χ2v) is 5.65. The fourth-order valence-electron chi connectivity index (χ4n) is 2.80. The molecule has 4 heteroatoms. The minimum absolute atomic E-state index is 0.132. The van der Waals surface area contributed by atoms with Crippen molar-refractivity contribution < 1.29 is 9.18 Å². The highest BCUT2D eigenvalue weighted by atomic mass is 19.1. The maximum absolute atomic E-state index is 12.8. The fourth-order valence-corrected chi connectivity index (χ4v) is 2.80. The fraction of sp³-hybridized carbons (Fsp3) is 0.750. The lowest BCUT2D eigenvalue weighted by atomic mass is 9.89. The smallest absolute Gasteiger partial charge is 0.282 e. The van der Waals surface area contributed by atoms with Crippen molar-refractivity contribution in [1.82, 2.24) is 9.80 Å². The van der Waals surface area contributed by atoms with Crippen molar-refractivity contribution >= 4 is 5.91 Å². The van der Waals surface area contributed by atoms with Gasteiger partial charge in [0.15, 0.2) is 5.83 Å². The van der Waals surface area contributed by atoms with Crippen molar-refractivity contribution in [2.45, 2.75) is 44.8 Å². The van der Waals surface area contributed by atoms with Gasteiger partial charge in [0.05, 0.1) is 6.04 Å². The van der Waals surface area contributed by atoms with Crippen LogP contribution in [0.3, 0.4) is 0 Å². The Kier molecular flexibility index (Phi) is 2.57. The van der Waals surface area contributed by atoms with Crippen LogP contribution < -0.4 is 0 Å². The van der Waals surface area contributed by atoms with Gasteiger partial charge in [0, 0.05) is 24.7 Å². The van der Waals surface area contributed by atoms with Gasteiger partial charge >= 0.3 is 0 Å². The van der Waals surface area contributed by atoms with Gasteiger partial charge in [-0.1, -0.05) is 6.58 Å². The van der Waals surface area contributed by atoms with E-state index in [0.29, 0.717) is 12.6 Å². The first kappa shape index (κ1) is 11.6. The Morgan fingerprint density at radius 1 is 1.38 bits per heavy atom. The minimum atomic E-state index is -0.838. The van der Waals surface area contributed by atoms with Gasteiger partial charge in [-0.2, -0.15) is 0 Å². The monoisotopic (exact) mass is 226 g/mol. The van der Waals surface area contributed by atoms with Crippen LogP contribution in [0, 0.1) is 0 Å². The van der Waals surface area contributed by atoms with Crippen LogP contribution in [-0.4, -0.2) is 46.4 Å². The average molecular weight is 226 g/mol. The summed E-state index contributed by atoms with van der Waals surface area (Å²) in [6.07, 6.45) is 0.945. The molecule has 1 amide bonds. The highest BCUT2D eigenvalue weighted by molar-refractivity contribution is 5.91. The molecule has 0 radical (unpaired) electrons. The molecule has 2 aliphatic rings. The predicted molar refractivity (Wildman–Crippen MR) is 60.6 cm³/mol. The molecule has 2 atom stereocenters. The number of fused-ring (bicyclic) bond motifs is 1. The lowest BCUT2D eigenvalue weighted by Crippen LogP contribution is -2.67. The first-order chi connectivity index (χ1) is 7.32. The molecule has 16 heavy (non-hydrogen) atoms. The van der Waals surface area contributed by atoms with Crippen LogP contribution in [0.4, 0.5) is 4.39 Å². The summed E-state index contributed by atoms with van der Waals surface area (Å²) >= 11 is 0. The number of amides is 1. The SMILES string of the molecule is C=C(F)C(=O)N1CC[C@@H]2[C@H]1CN2C(C)(C)C. The molecule has 0 aromatic heterocycles. The molecule has 0 unspecified atom stereocenters. The normalized spacial score (nSPS) is 29.9. The van der Waals surface area contributed by atoms with Crippen LogP contribution >= 0.6 is 0 Å². The Hall–Kier alpha value is -0.900. The topological polar surface area (TPSA) is 23.6 Å². The van der Waals surface area contributed by atoms with Gasteiger partial charge < -0.3 is 4.90 Å².